The van der Waals surface area contributed by atoms with Crippen LogP contribution >= 0.6 is 0 Å². The minimum Gasteiger partial charge on any atom is -0.426 e. The maximum absolute atomic E-state index is 11.8. The number of unbranched alkanes of at least 4 members (excludes halogenated alkanes) is 2. The van der Waals surface area contributed by atoms with E-state index in [-0.39, 0.29) is 36.3 Å². The summed E-state index contributed by atoms with van der Waals surface area (Å²) in [4.78, 5) is 45.2. The number of esters is 2. The zero-order valence-electron chi connectivity index (χ0n) is 15.4. The maximum atomic E-state index is 11.8. The van der Waals surface area contributed by atoms with Crippen LogP contribution in [0.2, 0.25) is 0 Å². The van der Waals surface area contributed by atoms with E-state index in [9.17, 15) is 19.2 Å². The number of ether oxygens (including phenoxy) is 2. The summed E-state index contributed by atoms with van der Waals surface area (Å²) in [5.41, 5.74) is 0. The van der Waals surface area contributed by atoms with E-state index < -0.39 is 0 Å². The monoisotopic (exact) mass is 362 g/mol. The Kier molecular flexibility index (Phi) is 9.90. The molecule has 0 aliphatic carbocycles. The lowest BCUT2D eigenvalue weighted by Crippen LogP contribution is -2.09. The van der Waals surface area contributed by atoms with Gasteiger partial charge in [-0.2, -0.15) is 0 Å². The fourth-order valence-electron chi connectivity index (χ4n) is 2.25. The van der Waals surface area contributed by atoms with Crippen LogP contribution in [0.25, 0.3) is 0 Å². The first-order chi connectivity index (χ1) is 12.4. The molecule has 0 radical (unpaired) electrons. The van der Waals surface area contributed by atoms with Gasteiger partial charge in [0, 0.05) is 31.7 Å². The van der Waals surface area contributed by atoms with E-state index in [4.69, 9.17) is 9.47 Å². The molecule has 6 nitrogen and oxygen atoms in total. The Balaban J connectivity index is 2.37. The highest BCUT2D eigenvalue weighted by Crippen LogP contribution is 2.21. The van der Waals surface area contributed by atoms with Crippen molar-refractivity contribution >= 4 is 23.5 Å². The lowest BCUT2D eigenvalue weighted by molar-refractivity contribution is -0.135. The summed E-state index contributed by atoms with van der Waals surface area (Å²) < 4.78 is 10.4. The number of carbonyl (C=O) groups is 4. The van der Waals surface area contributed by atoms with Gasteiger partial charge in [-0.3, -0.25) is 9.59 Å². The van der Waals surface area contributed by atoms with E-state index in [1.54, 1.807) is 18.2 Å². The highest BCUT2D eigenvalue weighted by molar-refractivity contribution is 5.76. The summed E-state index contributed by atoms with van der Waals surface area (Å²) in [5, 5.41) is 0. The van der Waals surface area contributed by atoms with Gasteiger partial charge in [0.05, 0.1) is 0 Å². The minimum atomic E-state index is -0.388. The molecule has 0 saturated heterocycles. The summed E-state index contributed by atoms with van der Waals surface area (Å²) in [6.07, 6.45) is 3.88. The fourth-order valence-corrected chi connectivity index (χ4v) is 2.25. The molecular weight excluding hydrogens is 336 g/mol. The van der Waals surface area contributed by atoms with Crippen molar-refractivity contribution in [2.75, 3.05) is 0 Å². The summed E-state index contributed by atoms with van der Waals surface area (Å²) in [5.74, 6) is 0.0535. The van der Waals surface area contributed by atoms with Crippen LogP contribution in [0.3, 0.4) is 0 Å². The van der Waals surface area contributed by atoms with Gasteiger partial charge in [-0.1, -0.05) is 6.07 Å². The van der Waals surface area contributed by atoms with Gasteiger partial charge in [0.15, 0.2) is 0 Å². The molecule has 1 aromatic rings. The van der Waals surface area contributed by atoms with E-state index in [0.717, 1.165) is 0 Å². The van der Waals surface area contributed by atoms with E-state index in [1.165, 1.54) is 19.9 Å². The zero-order chi connectivity index (χ0) is 19.4. The summed E-state index contributed by atoms with van der Waals surface area (Å²) in [6, 6.07) is 6.34. The number of benzene rings is 1. The van der Waals surface area contributed by atoms with Crippen LogP contribution in [-0.4, -0.2) is 23.5 Å². The molecular formula is C20H26O6. The van der Waals surface area contributed by atoms with Gasteiger partial charge >= 0.3 is 11.9 Å². The molecule has 0 fully saturated rings. The van der Waals surface area contributed by atoms with E-state index in [0.29, 0.717) is 50.0 Å². The highest BCUT2D eigenvalue weighted by Gasteiger charge is 2.09. The van der Waals surface area contributed by atoms with Crippen LogP contribution < -0.4 is 9.47 Å². The second-order valence-corrected chi connectivity index (χ2v) is 6.24. The molecule has 0 atom stereocenters. The molecule has 0 bridgehead atoms. The van der Waals surface area contributed by atoms with Gasteiger partial charge in [-0.15, -0.1) is 0 Å². The van der Waals surface area contributed by atoms with Gasteiger partial charge in [-0.05, 0) is 51.7 Å². The second-order valence-electron chi connectivity index (χ2n) is 6.24. The molecule has 0 aliphatic rings. The molecule has 0 spiro atoms. The van der Waals surface area contributed by atoms with E-state index in [1.807, 2.05) is 0 Å². The molecule has 0 amide bonds. The number of hydrogen-bond acceptors (Lipinski definition) is 6. The van der Waals surface area contributed by atoms with Crippen LogP contribution in [0.15, 0.2) is 24.3 Å². The van der Waals surface area contributed by atoms with E-state index >= 15 is 0 Å². The van der Waals surface area contributed by atoms with Crippen LogP contribution in [-0.2, 0) is 19.2 Å². The molecule has 0 heterocycles. The van der Waals surface area contributed by atoms with Crippen LogP contribution in [0.5, 0.6) is 11.5 Å². The topological polar surface area (TPSA) is 86.7 Å². The predicted octanol–water partition coefficient (Wildman–Crippen LogP) is 3.80. The third kappa shape index (κ3) is 10.4. The quantitative estimate of drug-likeness (QED) is 0.319. The Morgan fingerprint density at radius 2 is 1.08 bits per heavy atom. The van der Waals surface area contributed by atoms with Crippen molar-refractivity contribution in [3.05, 3.63) is 24.3 Å². The normalized spacial score (nSPS) is 10.2. The van der Waals surface area contributed by atoms with Gasteiger partial charge < -0.3 is 19.1 Å². The number of carbonyl (C=O) groups excluding carboxylic acids is 4. The van der Waals surface area contributed by atoms with Gasteiger partial charge in [0.2, 0.25) is 0 Å². The molecule has 0 saturated carbocycles. The Labute approximate surface area is 153 Å². The third-order valence-corrected chi connectivity index (χ3v) is 3.59. The summed E-state index contributed by atoms with van der Waals surface area (Å²) in [7, 11) is 0. The zero-order valence-corrected chi connectivity index (χ0v) is 15.4. The van der Waals surface area contributed by atoms with Gasteiger partial charge in [-0.25, -0.2) is 0 Å². The Morgan fingerprint density at radius 3 is 1.46 bits per heavy atom. The highest BCUT2D eigenvalue weighted by atomic mass is 16.5. The maximum Gasteiger partial charge on any atom is 0.311 e. The SMILES string of the molecule is CC(=O)CCCCC(=O)Oc1cccc(OC(=O)CCCCC(C)=O)c1. The first-order valence-electron chi connectivity index (χ1n) is 8.87. The molecule has 6 heteroatoms. The summed E-state index contributed by atoms with van der Waals surface area (Å²) >= 11 is 0. The average Bonchev–Trinajstić information content (AvgIpc) is 2.55. The first kappa shape index (κ1) is 21.5. The first-order valence-corrected chi connectivity index (χ1v) is 8.87. The molecule has 26 heavy (non-hydrogen) atoms. The third-order valence-electron chi connectivity index (χ3n) is 3.59. The van der Waals surface area contributed by atoms with Crippen molar-refractivity contribution in [3.63, 3.8) is 0 Å². The van der Waals surface area contributed by atoms with Crippen LogP contribution in [0.1, 0.15) is 65.2 Å². The Hall–Kier alpha value is -2.50. The molecule has 0 aromatic heterocycles. The van der Waals surface area contributed by atoms with E-state index in [2.05, 4.69) is 0 Å². The Morgan fingerprint density at radius 1 is 0.692 bits per heavy atom. The smallest absolute Gasteiger partial charge is 0.311 e. The van der Waals surface area contributed by atoms with Crippen LogP contribution in [0.4, 0.5) is 0 Å². The molecule has 0 aliphatic heterocycles. The van der Waals surface area contributed by atoms with Crippen LogP contribution in [0, 0.1) is 0 Å². The summed E-state index contributed by atoms with van der Waals surface area (Å²) in [6.45, 7) is 3.04. The Bertz CT molecular complexity index is 584. The number of Topliss-reactive ketones (excluding diaryl/α,β-unsaturated/α-hetero) is 2. The van der Waals surface area contributed by atoms with Crippen molar-refractivity contribution in [3.8, 4) is 11.5 Å². The van der Waals surface area contributed by atoms with Crippen molar-refractivity contribution < 1.29 is 28.7 Å². The molecule has 1 rings (SSSR count). The van der Waals surface area contributed by atoms with Crippen molar-refractivity contribution in [2.45, 2.75) is 65.2 Å². The lowest BCUT2D eigenvalue weighted by Gasteiger charge is -2.07. The predicted molar refractivity (Wildman–Crippen MR) is 96.0 cm³/mol. The average molecular weight is 362 g/mol. The molecule has 0 unspecified atom stereocenters. The van der Waals surface area contributed by atoms with Crippen molar-refractivity contribution in [2.24, 2.45) is 0 Å². The number of rotatable bonds is 12. The minimum absolute atomic E-state index is 0.106. The number of ketones is 2. The second kappa shape index (κ2) is 12.0. The van der Waals surface area contributed by atoms with Crippen molar-refractivity contribution in [1.82, 2.24) is 0 Å². The fraction of sp³-hybridized carbons (Fsp3) is 0.500. The molecule has 0 N–H and O–H groups in total. The van der Waals surface area contributed by atoms with Gasteiger partial charge in [0.1, 0.15) is 23.1 Å². The molecule has 142 valence electrons. The van der Waals surface area contributed by atoms with Crippen molar-refractivity contribution in [1.29, 1.82) is 0 Å². The standard InChI is InChI=1S/C20H26O6/c1-15(21)8-3-5-12-19(23)25-17-10-7-11-18(14-17)26-20(24)13-6-4-9-16(2)22/h7,10-11,14H,3-6,8-9,12-13H2,1-2H3. The van der Waals surface area contributed by atoms with Gasteiger partial charge in [0.25, 0.3) is 0 Å². The largest absolute Gasteiger partial charge is 0.426 e. The number of hydrogen-bond donors (Lipinski definition) is 0. The lowest BCUT2D eigenvalue weighted by atomic mass is 10.1. The molecule has 1 aromatic carbocycles.